The van der Waals surface area contributed by atoms with E-state index in [0.717, 1.165) is 22.3 Å². The molecule has 2 N–H and O–H groups in total. The fourth-order valence-corrected chi connectivity index (χ4v) is 10.2. The maximum absolute atomic E-state index is 14.3. The van der Waals surface area contributed by atoms with Crippen LogP contribution >= 0.6 is 0 Å². The first-order valence-electron chi connectivity index (χ1n) is 22.1. The number of Topliss-reactive ketones (excluding diaryl/α,β-unsaturated/α-hetero) is 4. The van der Waals surface area contributed by atoms with Gasteiger partial charge in [0.15, 0.2) is 0 Å². The SMILES string of the molecule is CCC(=O)OCC(CC(C)(C)C1C(=O)CC2(CC1=O)CC(=O)C(C(C)(C)CC(COC(=O)CC)c1cc(C)c(O)c(C(C)(C)C)c1)C(=O)C2)c1cc(C)c(O)c(C(C)(C)C)c1. The topological polar surface area (TPSA) is 161 Å². The van der Waals surface area contributed by atoms with Crippen molar-refractivity contribution in [3.8, 4) is 11.5 Å². The van der Waals surface area contributed by atoms with Gasteiger partial charge in [-0.15, -0.1) is 0 Å². The first-order chi connectivity index (χ1) is 28.0. The van der Waals surface area contributed by atoms with Crippen molar-refractivity contribution in [3.63, 3.8) is 0 Å². The van der Waals surface area contributed by atoms with Gasteiger partial charge in [-0.2, -0.15) is 0 Å². The van der Waals surface area contributed by atoms with Crippen molar-refractivity contribution in [2.75, 3.05) is 13.2 Å². The van der Waals surface area contributed by atoms with Crippen molar-refractivity contribution in [1.29, 1.82) is 0 Å². The van der Waals surface area contributed by atoms with Gasteiger partial charge >= 0.3 is 11.9 Å². The van der Waals surface area contributed by atoms with Crippen LogP contribution in [-0.4, -0.2) is 58.5 Å². The number of hydrogen-bond acceptors (Lipinski definition) is 10. The van der Waals surface area contributed by atoms with Crippen LogP contribution in [-0.2, 0) is 49.1 Å². The Morgan fingerprint density at radius 1 is 0.590 bits per heavy atom. The van der Waals surface area contributed by atoms with Gasteiger partial charge in [-0.1, -0.05) is 107 Å². The average Bonchev–Trinajstić information content (AvgIpc) is 3.11. The molecule has 2 fully saturated rings. The Morgan fingerprint density at radius 3 is 1.15 bits per heavy atom. The van der Waals surface area contributed by atoms with E-state index in [1.165, 1.54) is 0 Å². The highest BCUT2D eigenvalue weighted by Crippen LogP contribution is 2.54. The van der Waals surface area contributed by atoms with Crippen LogP contribution in [0.1, 0.15) is 180 Å². The molecule has 1 spiro atoms. The maximum atomic E-state index is 14.3. The molecule has 2 aliphatic rings. The molecule has 2 atom stereocenters. The molecule has 2 aliphatic carbocycles. The Hall–Kier alpha value is -4.34. The van der Waals surface area contributed by atoms with E-state index in [1.54, 1.807) is 13.8 Å². The largest absolute Gasteiger partial charge is 0.507 e. The number of phenols is 2. The quantitative estimate of drug-likeness (QED) is 0.138. The number of aromatic hydroxyl groups is 2. The number of ketones is 4. The van der Waals surface area contributed by atoms with Gasteiger partial charge in [-0.05, 0) is 87.1 Å². The second-order valence-corrected chi connectivity index (χ2v) is 21.8. The van der Waals surface area contributed by atoms with E-state index in [9.17, 15) is 39.0 Å². The molecule has 10 nitrogen and oxygen atoms in total. The monoisotopic (exact) mass is 845 g/mol. The molecule has 2 saturated carbocycles. The lowest BCUT2D eigenvalue weighted by Gasteiger charge is -2.47. The summed E-state index contributed by atoms with van der Waals surface area (Å²) in [7, 11) is 0. The van der Waals surface area contributed by atoms with Gasteiger partial charge in [0.05, 0.1) is 25.0 Å². The second-order valence-electron chi connectivity index (χ2n) is 21.8. The lowest BCUT2D eigenvalue weighted by Crippen LogP contribution is -2.53. The highest BCUT2D eigenvalue weighted by Gasteiger charge is 2.57. The summed E-state index contributed by atoms with van der Waals surface area (Å²) in [5.41, 5.74) is 0.880. The minimum absolute atomic E-state index is 0.0368. The Bertz CT molecular complexity index is 1850. The molecule has 0 bridgehead atoms. The summed E-state index contributed by atoms with van der Waals surface area (Å²) in [6, 6.07) is 7.59. The van der Waals surface area contributed by atoms with Crippen LogP contribution in [0.4, 0.5) is 0 Å². The van der Waals surface area contributed by atoms with Crippen LogP contribution in [0, 0.1) is 41.9 Å². The third-order valence-electron chi connectivity index (χ3n) is 13.3. The molecule has 0 amide bonds. The number of benzene rings is 2. The lowest BCUT2D eigenvalue weighted by molar-refractivity contribution is -0.155. The lowest BCUT2D eigenvalue weighted by atomic mass is 9.53. The number of carbonyl (C=O) groups is 6. The highest BCUT2D eigenvalue weighted by atomic mass is 16.5. The Morgan fingerprint density at radius 2 is 0.885 bits per heavy atom. The number of aryl methyl sites for hydroxylation is 2. The van der Waals surface area contributed by atoms with E-state index in [4.69, 9.17) is 9.47 Å². The van der Waals surface area contributed by atoms with Crippen LogP contribution in [0.3, 0.4) is 0 Å². The van der Waals surface area contributed by atoms with Gasteiger partial charge in [0.2, 0.25) is 0 Å². The number of carbonyl (C=O) groups excluding carboxylic acids is 6. The van der Waals surface area contributed by atoms with Crippen molar-refractivity contribution < 1.29 is 48.5 Å². The predicted molar refractivity (Wildman–Crippen MR) is 236 cm³/mol. The van der Waals surface area contributed by atoms with Gasteiger partial charge < -0.3 is 19.7 Å². The third kappa shape index (κ3) is 11.2. The molecular weight excluding hydrogens is 773 g/mol. The van der Waals surface area contributed by atoms with E-state index in [-0.39, 0.29) is 121 Å². The van der Waals surface area contributed by atoms with Crippen LogP contribution in [0.25, 0.3) is 0 Å². The zero-order valence-corrected chi connectivity index (χ0v) is 39.4. The van der Waals surface area contributed by atoms with Crippen molar-refractivity contribution >= 4 is 35.1 Å². The van der Waals surface area contributed by atoms with Gasteiger partial charge in [0.25, 0.3) is 0 Å². The second kappa shape index (κ2) is 18.2. The summed E-state index contributed by atoms with van der Waals surface area (Å²) < 4.78 is 11.3. The molecule has 0 aromatic heterocycles. The van der Waals surface area contributed by atoms with Crippen molar-refractivity contribution in [3.05, 3.63) is 57.6 Å². The summed E-state index contributed by atoms with van der Waals surface area (Å²) in [6.45, 7) is 26.7. The first-order valence-corrected chi connectivity index (χ1v) is 22.1. The van der Waals surface area contributed by atoms with Crippen LogP contribution in [0.2, 0.25) is 0 Å². The molecule has 2 aromatic rings. The Labute approximate surface area is 363 Å². The number of hydrogen-bond donors (Lipinski definition) is 2. The van der Waals surface area contributed by atoms with Gasteiger partial charge in [-0.3, -0.25) is 28.8 Å². The normalized spacial score (nSPS) is 21.4. The number of esters is 2. The summed E-state index contributed by atoms with van der Waals surface area (Å²) in [4.78, 5) is 82.0. The summed E-state index contributed by atoms with van der Waals surface area (Å²) in [5.74, 6) is -4.26. The van der Waals surface area contributed by atoms with Crippen LogP contribution in [0.15, 0.2) is 24.3 Å². The molecule has 0 radical (unpaired) electrons. The molecule has 336 valence electrons. The minimum atomic E-state index is -1.10. The zero-order chi connectivity index (χ0) is 46.2. The average molecular weight is 845 g/mol. The number of rotatable bonds is 14. The first kappa shape index (κ1) is 49.3. The van der Waals surface area contributed by atoms with E-state index < -0.39 is 28.1 Å². The fourth-order valence-electron chi connectivity index (χ4n) is 10.2. The van der Waals surface area contributed by atoms with Crippen molar-refractivity contribution in [2.24, 2.45) is 28.1 Å². The smallest absolute Gasteiger partial charge is 0.305 e. The minimum Gasteiger partial charge on any atom is -0.507 e. The van der Waals surface area contributed by atoms with E-state index in [0.29, 0.717) is 24.0 Å². The molecule has 61 heavy (non-hydrogen) atoms. The molecule has 10 heteroatoms. The molecule has 0 aliphatic heterocycles. The van der Waals surface area contributed by atoms with E-state index >= 15 is 0 Å². The van der Waals surface area contributed by atoms with Gasteiger partial charge in [0.1, 0.15) is 34.6 Å². The van der Waals surface area contributed by atoms with Crippen LogP contribution in [0.5, 0.6) is 11.5 Å². The molecule has 0 heterocycles. The highest BCUT2D eigenvalue weighted by molar-refractivity contribution is 6.11. The van der Waals surface area contributed by atoms with Gasteiger partial charge in [0, 0.05) is 50.4 Å². The predicted octanol–water partition coefficient (Wildman–Crippen LogP) is 10.00. The molecule has 0 saturated heterocycles. The Balaban J connectivity index is 1.59. The number of ether oxygens (including phenoxy) is 2. The third-order valence-corrected chi connectivity index (χ3v) is 13.3. The molecular formula is C51H72O10. The van der Waals surface area contributed by atoms with Gasteiger partial charge in [-0.25, -0.2) is 0 Å². The summed E-state index contributed by atoms with van der Waals surface area (Å²) >= 11 is 0. The molecule has 4 rings (SSSR count). The fraction of sp³-hybridized carbons (Fsp3) is 0.647. The number of phenolic OH excluding ortho intramolecular Hbond substituents is 2. The zero-order valence-electron chi connectivity index (χ0n) is 39.4. The summed E-state index contributed by atoms with van der Waals surface area (Å²) in [5, 5.41) is 21.9. The van der Waals surface area contributed by atoms with Crippen molar-refractivity contribution in [1.82, 2.24) is 0 Å². The standard InChI is InChI=1S/C51H72O10/c1-15-41(56)60-27-33(31-17-29(3)45(58)35(19-31)47(5,6)7)21-49(11,12)43-37(52)23-51(24-38(43)53)25-39(54)44(40(55)26-51)50(13,14)22-34(28-61-42(57)16-2)32-18-30(4)46(59)36(20-32)48(8,9)10/h17-20,33-34,43-44,58-59H,15-16,21-28H2,1-14H3. The van der Waals surface area contributed by atoms with Crippen LogP contribution < -0.4 is 0 Å². The van der Waals surface area contributed by atoms with E-state index in [2.05, 4.69) is 0 Å². The van der Waals surface area contributed by atoms with E-state index in [1.807, 2.05) is 107 Å². The summed E-state index contributed by atoms with van der Waals surface area (Å²) in [6.07, 6.45) is 0.756. The molecule has 2 aromatic carbocycles. The molecule has 2 unspecified atom stereocenters. The maximum Gasteiger partial charge on any atom is 0.305 e. The Kier molecular flexibility index (Phi) is 14.7. The van der Waals surface area contributed by atoms with Crippen molar-refractivity contribution in [2.45, 2.75) is 171 Å².